The molecule has 0 aliphatic carbocycles. The lowest BCUT2D eigenvalue weighted by atomic mass is 10.1. The molecule has 27 heavy (non-hydrogen) atoms. The zero-order chi connectivity index (χ0) is 19.1. The van der Waals surface area contributed by atoms with Gasteiger partial charge in [0.2, 0.25) is 0 Å². The first-order chi connectivity index (χ1) is 13.2. The molecule has 1 aromatic heterocycles. The number of benzene rings is 1. The van der Waals surface area contributed by atoms with E-state index >= 15 is 0 Å². The summed E-state index contributed by atoms with van der Waals surface area (Å²) in [7, 11) is 2.15. The molecule has 0 spiro atoms. The van der Waals surface area contributed by atoms with Crippen molar-refractivity contribution in [3.05, 3.63) is 23.8 Å². The second-order valence-corrected chi connectivity index (χ2v) is 8.50. The maximum absolute atomic E-state index is 12.5. The Balaban J connectivity index is 1.52. The van der Waals surface area contributed by atoms with Crippen molar-refractivity contribution in [1.29, 1.82) is 0 Å². The smallest absolute Gasteiger partial charge is 0.251 e. The number of hydrogen-bond donors (Lipinski definition) is 1. The van der Waals surface area contributed by atoms with Crippen LogP contribution in [-0.2, 0) is 0 Å². The van der Waals surface area contributed by atoms with Crippen molar-refractivity contribution in [1.82, 2.24) is 15.2 Å². The predicted molar refractivity (Wildman–Crippen MR) is 115 cm³/mol. The molecule has 1 N–H and O–H groups in total. The largest absolute Gasteiger partial charge is 0.352 e. The first-order valence-electron chi connectivity index (χ1n) is 10.3. The average Bonchev–Trinajstić information content (AvgIpc) is 3.13. The fourth-order valence-electron chi connectivity index (χ4n) is 3.47. The number of thiazole rings is 1. The summed E-state index contributed by atoms with van der Waals surface area (Å²) in [5.74, 6) is 0.0148. The number of nitrogens with one attached hydrogen (secondary N) is 1. The molecule has 2 aromatic rings. The van der Waals surface area contributed by atoms with E-state index in [1.165, 1.54) is 32.1 Å². The summed E-state index contributed by atoms with van der Waals surface area (Å²) in [5, 5.41) is 4.15. The van der Waals surface area contributed by atoms with Gasteiger partial charge < -0.3 is 15.1 Å². The second kappa shape index (κ2) is 10.0. The third-order valence-corrected chi connectivity index (χ3v) is 6.24. The van der Waals surface area contributed by atoms with E-state index in [1.54, 1.807) is 11.3 Å². The van der Waals surface area contributed by atoms with Gasteiger partial charge in [0.05, 0.1) is 10.2 Å². The van der Waals surface area contributed by atoms with E-state index in [9.17, 15) is 4.79 Å². The summed E-state index contributed by atoms with van der Waals surface area (Å²) in [4.78, 5) is 21.9. The summed E-state index contributed by atoms with van der Waals surface area (Å²) < 4.78 is 1.10. The van der Waals surface area contributed by atoms with E-state index in [1.807, 2.05) is 18.2 Å². The fourth-order valence-corrected chi connectivity index (χ4v) is 4.52. The lowest BCUT2D eigenvalue weighted by Crippen LogP contribution is -2.29. The molecule has 1 aromatic carbocycles. The first kappa shape index (κ1) is 20.1. The predicted octanol–water partition coefficient (Wildman–Crippen LogP) is 4.14. The molecule has 5 nitrogen and oxygen atoms in total. The van der Waals surface area contributed by atoms with Gasteiger partial charge in [0.25, 0.3) is 5.91 Å². The number of unbranched alkanes of at least 4 members (excludes halogenated alkanes) is 1. The third kappa shape index (κ3) is 5.66. The molecule has 1 saturated heterocycles. The lowest BCUT2D eigenvalue weighted by Gasteiger charge is -2.25. The van der Waals surface area contributed by atoms with Crippen LogP contribution in [0.3, 0.4) is 0 Å². The molecule has 3 rings (SSSR count). The van der Waals surface area contributed by atoms with Crippen LogP contribution in [0.15, 0.2) is 18.2 Å². The molecule has 0 radical (unpaired) electrons. The number of aromatic nitrogens is 1. The number of piperidine rings is 1. The topological polar surface area (TPSA) is 48.5 Å². The maximum Gasteiger partial charge on any atom is 0.251 e. The number of rotatable bonds is 9. The third-order valence-electron chi connectivity index (χ3n) is 5.16. The Bertz CT molecular complexity index is 739. The van der Waals surface area contributed by atoms with Crippen LogP contribution in [0.2, 0.25) is 0 Å². The maximum atomic E-state index is 12.5. The van der Waals surface area contributed by atoms with Crippen LogP contribution in [-0.4, -0.2) is 55.6 Å². The van der Waals surface area contributed by atoms with Crippen LogP contribution in [0, 0.1) is 0 Å². The van der Waals surface area contributed by atoms with Crippen molar-refractivity contribution < 1.29 is 4.79 Å². The van der Waals surface area contributed by atoms with Gasteiger partial charge in [-0.2, -0.15) is 0 Å². The van der Waals surface area contributed by atoms with Gasteiger partial charge in [-0.05, 0) is 70.4 Å². The minimum atomic E-state index is 0.0148. The molecule has 0 saturated carbocycles. The van der Waals surface area contributed by atoms with Crippen molar-refractivity contribution in [2.75, 3.05) is 44.7 Å². The quantitative estimate of drug-likeness (QED) is 0.656. The first-order valence-corrected chi connectivity index (χ1v) is 11.1. The molecule has 2 heterocycles. The normalized spacial score (nSPS) is 14.9. The van der Waals surface area contributed by atoms with Crippen molar-refractivity contribution >= 4 is 32.6 Å². The van der Waals surface area contributed by atoms with Gasteiger partial charge >= 0.3 is 0 Å². The number of anilines is 1. The molecule has 148 valence electrons. The van der Waals surface area contributed by atoms with E-state index < -0.39 is 0 Å². The van der Waals surface area contributed by atoms with E-state index in [0.29, 0.717) is 0 Å². The van der Waals surface area contributed by atoms with Gasteiger partial charge in [-0.15, -0.1) is 0 Å². The van der Waals surface area contributed by atoms with Crippen LogP contribution < -0.4 is 10.2 Å². The molecule has 1 aliphatic heterocycles. The van der Waals surface area contributed by atoms with E-state index in [-0.39, 0.29) is 5.91 Å². The Morgan fingerprint density at radius 3 is 2.78 bits per heavy atom. The van der Waals surface area contributed by atoms with Crippen molar-refractivity contribution in [2.45, 2.75) is 45.4 Å². The number of carbonyl (C=O) groups is 1. The highest BCUT2D eigenvalue weighted by atomic mass is 32.1. The molecular weight excluding hydrogens is 356 g/mol. The number of carbonyl (C=O) groups excluding carboxylic acids is 1. The van der Waals surface area contributed by atoms with Crippen LogP contribution >= 0.6 is 11.3 Å². The van der Waals surface area contributed by atoms with Crippen LogP contribution in [0.4, 0.5) is 5.13 Å². The Hall–Kier alpha value is -1.66. The lowest BCUT2D eigenvalue weighted by molar-refractivity contribution is 0.0952. The highest BCUT2D eigenvalue weighted by Gasteiger charge is 2.16. The SMILES string of the molecule is CCCCN(C)CCCNC(=O)c1ccc2nc(N3CCCCC3)sc2c1. The summed E-state index contributed by atoms with van der Waals surface area (Å²) in [6.07, 6.45) is 7.25. The fraction of sp³-hybridized carbons (Fsp3) is 0.619. The molecular formula is C21H32N4OS. The van der Waals surface area contributed by atoms with Crippen LogP contribution in [0.5, 0.6) is 0 Å². The van der Waals surface area contributed by atoms with E-state index in [2.05, 4.69) is 29.1 Å². The minimum absolute atomic E-state index is 0.0148. The van der Waals surface area contributed by atoms with Crippen molar-refractivity contribution in [3.8, 4) is 0 Å². The summed E-state index contributed by atoms with van der Waals surface area (Å²) in [5.41, 5.74) is 1.73. The number of fused-ring (bicyclic) bond motifs is 1. The Labute approximate surface area is 166 Å². The average molecular weight is 389 g/mol. The van der Waals surface area contributed by atoms with Gasteiger partial charge in [-0.1, -0.05) is 24.7 Å². The molecule has 1 aliphatic rings. The number of amides is 1. The van der Waals surface area contributed by atoms with Crippen molar-refractivity contribution in [2.24, 2.45) is 0 Å². The Morgan fingerprint density at radius 1 is 1.22 bits per heavy atom. The molecule has 0 unspecified atom stereocenters. The standard InChI is InChI=1S/C21H32N4OS/c1-3-4-12-24(2)13-8-11-22-20(26)17-9-10-18-19(16-17)27-21(23-18)25-14-6-5-7-15-25/h9-10,16H,3-8,11-15H2,1-2H3,(H,22,26). The van der Waals surface area contributed by atoms with Gasteiger partial charge in [-0.25, -0.2) is 4.98 Å². The zero-order valence-electron chi connectivity index (χ0n) is 16.7. The van der Waals surface area contributed by atoms with Crippen LogP contribution in [0.1, 0.15) is 55.8 Å². The molecule has 6 heteroatoms. The summed E-state index contributed by atoms with van der Waals surface area (Å²) in [6.45, 7) is 7.28. The minimum Gasteiger partial charge on any atom is -0.352 e. The van der Waals surface area contributed by atoms with Gasteiger partial charge in [0.1, 0.15) is 0 Å². The molecule has 1 fully saturated rings. The molecule has 0 bridgehead atoms. The summed E-state index contributed by atoms with van der Waals surface area (Å²) >= 11 is 1.70. The van der Waals surface area contributed by atoms with Crippen LogP contribution in [0.25, 0.3) is 10.2 Å². The molecule has 0 atom stereocenters. The van der Waals surface area contributed by atoms with Gasteiger partial charge in [0.15, 0.2) is 5.13 Å². The highest BCUT2D eigenvalue weighted by Crippen LogP contribution is 2.31. The zero-order valence-corrected chi connectivity index (χ0v) is 17.5. The molecule has 1 amide bonds. The number of nitrogens with zero attached hydrogens (tertiary/aromatic N) is 3. The Kier molecular flexibility index (Phi) is 7.47. The number of hydrogen-bond acceptors (Lipinski definition) is 5. The monoisotopic (exact) mass is 388 g/mol. The van der Waals surface area contributed by atoms with E-state index in [0.717, 1.165) is 60.1 Å². The summed E-state index contributed by atoms with van der Waals surface area (Å²) in [6, 6.07) is 5.86. The second-order valence-electron chi connectivity index (χ2n) is 7.49. The highest BCUT2D eigenvalue weighted by molar-refractivity contribution is 7.22. The van der Waals surface area contributed by atoms with Gasteiger partial charge in [0, 0.05) is 25.2 Å². The Morgan fingerprint density at radius 2 is 2.00 bits per heavy atom. The van der Waals surface area contributed by atoms with Gasteiger partial charge in [-0.3, -0.25) is 4.79 Å². The van der Waals surface area contributed by atoms with E-state index in [4.69, 9.17) is 4.98 Å². The van der Waals surface area contributed by atoms with Crippen molar-refractivity contribution in [3.63, 3.8) is 0 Å².